The minimum Gasteiger partial charge on any atom is -0.344 e. The van der Waals surface area contributed by atoms with Crippen molar-refractivity contribution in [2.45, 2.75) is 24.8 Å². The molecule has 0 fully saturated rings. The summed E-state index contributed by atoms with van der Waals surface area (Å²) in [4.78, 5) is 13.6. The van der Waals surface area contributed by atoms with Gasteiger partial charge < -0.3 is 5.32 Å². The molecule has 4 aromatic rings. The molecule has 0 spiro atoms. The number of hydrogen-bond donors (Lipinski definition) is 1. The number of nitrogens with zero attached hydrogens (tertiary/aromatic N) is 1. The lowest BCUT2D eigenvalue weighted by Crippen LogP contribution is -2.42. The molecule has 0 aliphatic carbocycles. The van der Waals surface area contributed by atoms with Gasteiger partial charge in [-0.1, -0.05) is 90.0 Å². The maximum Gasteiger partial charge on any atom is 0.264 e. The van der Waals surface area contributed by atoms with Crippen LogP contribution in [0.4, 0.5) is 5.69 Å². The molecule has 0 aromatic heterocycles. The first-order chi connectivity index (χ1) is 17.3. The molecule has 184 valence electrons. The van der Waals surface area contributed by atoms with Crippen molar-refractivity contribution in [2.24, 2.45) is 0 Å². The maximum atomic E-state index is 13.7. The minimum atomic E-state index is -4.03. The third-order valence-electron chi connectivity index (χ3n) is 5.86. The maximum absolute atomic E-state index is 13.7. The van der Waals surface area contributed by atoms with Crippen LogP contribution in [0.2, 0.25) is 5.02 Å². The number of carbonyl (C=O) groups is 1. The van der Waals surface area contributed by atoms with Crippen LogP contribution in [0.1, 0.15) is 28.3 Å². The predicted molar refractivity (Wildman–Crippen MR) is 145 cm³/mol. The van der Waals surface area contributed by atoms with Gasteiger partial charge in [-0.3, -0.25) is 9.10 Å². The van der Waals surface area contributed by atoms with E-state index in [0.29, 0.717) is 16.3 Å². The molecular weight excluding hydrogens is 492 g/mol. The van der Waals surface area contributed by atoms with Gasteiger partial charge in [-0.15, -0.1) is 0 Å². The Morgan fingerprint density at radius 3 is 2.11 bits per heavy atom. The lowest BCUT2D eigenvalue weighted by Gasteiger charge is -2.27. The van der Waals surface area contributed by atoms with E-state index in [9.17, 15) is 13.2 Å². The van der Waals surface area contributed by atoms with Gasteiger partial charge in [0, 0.05) is 5.02 Å². The van der Waals surface area contributed by atoms with E-state index in [1.165, 1.54) is 12.1 Å². The van der Waals surface area contributed by atoms with Crippen LogP contribution >= 0.6 is 11.6 Å². The molecule has 0 saturated heterocycles. The van der Waals surface area contributed by atoms with Crippen molar-refractivity contribution in [3.8, 4) is 0 Å². The summed E-state index contributed by atoms with van der Waals surface area (Å²) >= 11 is 6.13. The van der Waals surface area contributed by atoms with Gasteiger partial charge in [-0.2, -0.15) is 0 Å². The Kier molecular flexibility index (Phi) is 7.77. The summed E-state index contributed by atoms with van der Waals surface area (Å²) in [5, 5.41) is 3.55. The highest BCUT2D eigenvalue weighted by molar-refractivity contribution is 7.92. The number of benzene rings is 4. The Morgan fingerprint density at radius 2 is 1.47 bits per heavy atom. The topological polar surface area (TPSA) is 66.5 Å². The van der Waals surface area contributed by atoms with Crippen molar-refractivity contribution in [1.82, 2.24) is 5.32 Å². The number of halogens is 1. The van der Waals surface area contributed by atoms with Crippen LogP contribution in [0, 0.1) is 13.8 Å². The zero-order valence-electron chi connectivity index (χ0n) is 20.1. The van der Waals surface area contributed by atoms with Crippen molar-refractivity contribution in [1.29, 1.82) is 0 Å². The van der Waals surface area contributed by atoms with Gasteiger partial charge >= 0.3 is 0 Å². The third kappa shape index (κ3) is 5.78. The molecule has 5 nitrogen and oxygen atoms in total. The number of amides is 1. The molecule has 1 amide bonds. The summed E-state index contributed by atoms with van der Waals surface area (Å²) in [6.07, 6.45) is 0. The van der Waals surface area contributed by atoms with Crippen molar-refractivity contribution in [3.05, 3.63) is 130 Å². The van der Waals surface area contributed by atoms with E-state index in [0.717, 1.165) is 21.0 Å². The lowest BCUT2D eigenvalue weighted by molar-refractivity contribution is -0.120. The van der Waals surface area contributed by atoms with E-state index >= 15 is 0 Å². The Morgan fingerprint density at radius 1 is 0.833 bits per heavy atom. The van der Waals surface area contributed by atoms with E-state index in [1.807, 2.05) is 61.5 Å². The first-order valence-electron chi connectivity index (χ1n) is 11.5. The molecule has 7 heteroatoms. The summed E-state index contributed by atoms with van der Waals surface area (Å²) < 4.78 is 28.5. The summed E-state index contributed by atoms with van der Waals surface area (Å²) in [7, 11) is -4.03. The molecule has 0 saturated carbocycles. The molecule has 4 aromatic carbocycles. The van der Waals surface area contributed by atoms with E-state index in [4.69, 9.17) is 11.6 Å². The van der Waals surface area contributed by atoms with E-state index < -0.39 is 28.5 Å². The fraction of sp³-hybridized carbons (Fsp3) is 0.138. The van der Waals surface area contributed by atoms with E-state index in [1.54, 1.807) is 43.3 Å². The van der Waals surface area contributed by atoms with Crippen LogP contribution < -0.4 is 9.62 Å². The van der Waals surface area contributed by atoms with Gasteiger partial charge in [-0.05, 0) is 60.9 Å². The van der Waals surface area contributed by atoms with Gasteiger partial charge in [0.15, 0.2) is 0 Å². The van der Waals surface area contributed by atoms with Crippen LogP contribution in [-0.2, 0) is 14.8 Å². The van der Waals surface area contributed by atoms with Crippen LogP contribution in [0.3, 0.4) is 0 Å². The number of nitrogens with one attached hydrogen (secondary N) is 1. The zero-order chi connectivity index (χ0) is 25.7. The summed E-state index contributed by atoms with van der Waals surface area (Å²) in [5.41, 5.74) is 3.91. The largest absolute Gasteiger partial charge is 0.344 e. The molecular formula is C29H27ClN2O3S. The minimum absolute atomic E-state index is 0.102. The Bertz CT molecular complexity index is 1460. The molecule has 1 N–H and O–H groups in total. The normalized spacial score (nSPS) is 12.1. The fourth-order valence-corrected chi connectivity index (χ4v) is 5.84. The second kappa shape index (κ2) is 11.0. The monoisotopic (exact) mass is 518 g/mol. The van der Waals surface area contributed by atoms with Crippen molar-refractivity contribution < 1.29 is 13.2 Å². The Labute approximate surface area is 217 Å². The summed E-state index contributed by atoms with van der Waals surface area (Å²) in [6.45, 7) is 3.37. The third-order valence-corrected chi connectivity index (χ3v) is 7.87. The second-order valence-corrected chi connectivity index (χ2v) is 10.9. The first-order valence-corrected chi connectivity index (χ1v) is 13.3. The molecule has 0 radical (unpaired) electrons. The molecule has 4 rings (SSSR count). The second-order valence-electron chi connectivity index (χ2n) is 8.58. The Balaban J connectivity index is 1.71. The van der Waals surface area contributed by atoms with Crippen LogP contribution in [0.5, 0.6) is 0 Å². The molecule has 0 aliphatic rings. The highest BCUT2D eigenvalue weighted by Gasteiger charge is 2.29. The van der Waals surface area contributed by atoms with Gasteiger partial charge in [0.2, 0.25) is 5.91 Å². The van der Waals surface area contributed by atoms with Gasteiger partial charge in [0.1, 0.15) is 6.54 Å². The molecule has 1 unspecified atom stereocenters. The quantitative estimate of drug-likeness (QED) is 0.308. The molecule has 0 aliphatic heterocycles. The van der Waals surface area contributed by atoms with Gasteiger partial charge in [0.25, 0.3) is 10.0 Å². The average Bonchev–Trinajstić information content (AvgIpc) is 2.87. The first kappa shape index (κ1) is 25.5. The number of sulfonamides is 1. The molecule has 1 atom stereocenters. The van der Waals surface area contributed by atoms with Crippen LogP contribution in [0.15, 0.2) is 108 Å². The molecule has 0 bridgehead atoms. The number of aryl methyl sites for hydroxylation is 2. The van der Waals surface area contributed by atoms with Crippen molar-refractivity contribution in [2.75, 3.05) is 10.8 Å². The van der Waals surface area contributed by atoms with Crippen LogP contribution in [-0.4, -0.2) is 20.9 Å². The predicted octanol–water partition coefficient (Wildman–Crippen LogP) is 6.06. The summed E-state index contributed by atoms with van der Waals surface area (Å²) in [6, 6.07) is 30.1. The zero-order valence-corrected chi connectivity index (χ0v) is 21.6. The van der Waals surface area contributed by atoms with E-state index in [-0.39, 0.29) is 4.90 Å². The smallest absolute Gasteiger partial charge is 0.264 e. The summed E-state index contributed by atoms with van der Waals surface area (Å²) in [5.74, 6) is -0.431. The molecule has 0 heterocycles. The average molecular weight is 519 g/mol. The SMILES string of the molecule is Cc1cccc(C(NC(=O)CN(c2ccc(Cl)cc2C)S(=O)(=O)c2ccccc2)c2ccccc2)c1. The number of hydrogen-bond acceptors (Lipinski definition) is 3. The van der Waals surface area contributed by atoms with Crippen molar-refractivity contribution in [3.63, 3.8) is 0 Å². The Hall–Kier alpha value is -3.61. The number of rotatable bonds is 8. The highest BCUT2D eigenvalue weighted by Crippen LogP contribution is 2.29. The van der Waals surface area contributed by atoms with Crippen molar-refractivity contribution >= 4 is 33.2 Å². The van der Waals surface area contributed by atoms with Crippen LogP contribution in [0.25, 0.3) is 0 Å². The van der Waals surface area contributed by atoms with E-state index in [2.05, 4.69) is 5.32 Å². The standard InChI is InChI=1S/C29H27ClN2O3S/c1-21-10-9-13-24(18-21)29(23-11-5-3-6-12-23)31-28(33)20-32(27-17-16-25(30)19-22(27)2)36(34,35)26-14-7-4-8-15-26/h3-19,29H,20H2,1-2H3,(H,31,33). The number of carbonyl (C=O) groups excluding carboxylic acids is 1. The fourth-order valence-electron chi connectivity index (χ4n) is 4.11. The van der Waals surface area contributed by atoms with Gasteiger partial charge in [-0.25, -0.2) is 8.42 Å². The highest BCUT2D eigenvalue weighted by atomic mass is 35.5. The number of anilines is 1. The van der Waals surface area contributed by atoms with Gasteiger partial charge in [0.05, 0.1) is 16.6 Å². The molecule has 36 heavy (non-hydrogen) atoms. The lowest BCUT2D eigenvalue weighted by atomic mass is 9.97.